The minimum absolute atomic E-state index is 0.101. The summed E-state index contributed by atoms with van der Waals surface area (Å²) in [5.41, 5.74) is -0.392. The first-order valence-corrected chi connectivity index (χ1v) is 6.83. The molecule has 102 valence electrons. The summed E-state index contributed by atoms with van der Waals surface area (Å²) >= 11 is 0. The molecule has 5 heteroatoms. The molecule has 2 amide bonds. The maximum atomic E-state index is 12.5. The summed E-state index contributed by atoms with van der Waals surface area (Å²) in [6.45, 7) is 7.17. The molecule has 1 N–H and O–H groups in total. The molecule has 1 atom stereocenters. The molecule has 0 aromatic rings. The minimum Gasteiger partial charge on any atom is -0.339 e. The van der Waals surface area contributed by atoms with Gasteiger partial charge in [-0.1, -0.05) is 0 Å². The van der Waals surface area contributed by atoms with Gasteiger partial charge in [0.25, 0.3) is 0 Å². The number of amides is 2. The van der Waals surface area contributed by atoms with Crippen LogP contribution in [0.1, 0.15) is 33.1 Å². The van der Waals surface area contributed by atoms with Crippen LogP contribution in [-0.4, -0.2) is 59.9 Å². The molecule has 0 aromatic heterocycles. The highest BCUT2D eigenvalue weighted by molar-refractivity contribution is 5.86. The molecule has 2 aliphatic rings. The van der Waals surface area contributed by atoms with Crippen molar-refractivity contribution in [3.05, 3.63) is 0 Å². The Morgan fingerprint density at radius 2 is 1.67 bits per heavy atom. The van der Waals surface area contributed by atoms with Crippen LogP contribution in [-0.2, 0) is 9.59 Å². The summed E-state index contributed by atoms with van der Waals surface area (Å²) in [6.07, 6.45) is 3.18. The predicted molar refractivity (Wildman–Crippen MR) is 69.1 cm³/mol. The van der Waals surface area contributed by atoms with E-state index in [0.29, 0.717) is 26.2 Å². The van der Waals surface area contributed by atoms with Gasteiger partial charge >= 0.3 is 0 Å². The molecule has 0 aliphatic carbocycles. The first kappa shape index (κ1) is 13.3. The van der Waals surface area contributed by atoms with Gasteiger partial charge in [-0.2, -0.15) is 0 Å². The number of piperidine rings is 1. The number of hydrogen-bond acceptors (Lipinski definition) is 3. The minimum atomic E-state index is -0.392. The van der Waals surface area contributed by atoms with Crippen molar-refractivity contribution in [3.63, 3.8) is 0 Å². The van der Waals surface area contributed by atoms with Gasteiger partial charge in [0.05, 0.1) is 5.54 Å². The second kappa shape index (κ2) is 5.26. The van der Waals surface area contributed by atoms with Crippen molar-refractivity contribution in [2.45, 2.75) is 38.6 Å². The van der Waals surface area contributed by atoms with E-state index in [1.54, 1.807) is 11.8 Å². The Morgan fingerprint density at radius 1 is 1.06 bits per heavy atom. The third-order valence-corrected chi connectivity index (χ3v) is 4.10. The number of hydrogen-bond donors (Lipinski definition) is 1. The third-order valence-electron chi connectivity index (χ3n) is 4.10. The van der Waals surface area contributed by atoms with E-state index in [-0.39, 0.29) is 11.8 Å². The van der Waals surface area contributed by atoms with E-state index in [1.165, 1.54) is 0 Å². The lowest BCUT2D eigenvalue weighted by atomic mass is 9.89. The fraction of sp³-hybridized carbons (Fsp3) is 0.846. The number of carbonyl (C=O) groups is 2. The summed E-state index contributed by atoms with van der Waals surface area (Å²) in [7, 11) is 0. The van der Waals surface area contributed by atoms with Crippen LogP contribution < -0.4 is 5.32 Å². The lowest BCUT2D eigenvalue weighted by Crippen LogP contribution is -2.61. The topological polar surface area (TPSA) is 52.7 Å². The lowest BCUT2D eigenvalue weighted by molar-refractivity contribution is -0.143. The van der Waals surface area contributed by atoms with E-state index in [2.05, 4.69) is 5.32 Å². The molecule has 2 heterocycles. The lowest BCUT2D eigenvalue weighted by Gasteiger charge is -2.41. The Bertz CT molecular complexity index is 329. The van der Waals surface area contributed by atoms with Gasteiger partial charge in [-0.15, -0.1) is 0 Å². The maximum Gasteiger partial charge on any atom is 0.242 e. The fourth-order valence-corrected chi connectivity index (χ4v) is 2.81. The molecule has 2 rings (SSSR count). The SMILES string of the molecule is CC(=O)N1CCN(C(=O)C2(C)CCCCN2)CC1. The average molecular weight is 253 g/mol. The van der Waals surface area contributed by atoms with Crippen molar-refractivity contribution in [1.29, 1.82) is 0 Å². The molecule has 0 radical (unpaired) electrons. The second-order valence-electron chi connectivity index (χ2n) is 5.51. The molecule has 0 spiro atoms. The van der Waals surface area contributed by atoms with Crippen LogP contribution in [0.4, 0.5) is 0 Å². The van der Waals surface area contributed by atoms with Gasteiger partial charge in [0.1, 0.15) is 0 Å². The van der Waals surface area contributed by atoms with E-state index in [4.69, 9.17) is 0 Å². The van der Waals surface area contributed by atoms with Gasteiger partial charge in [0.2, 0.25) is 11.8 Å². The molecular formula is C13H23N3O2. The molecule has 0 bridgehead atoms. The maximum absolute atomic E-state index is 12.5. The molecule has 2 saturated heterocycles. The van der Waals surface area contributed by atoms with Gasteiger partial charge in [-0.05, 0) is 32.7 Å². The van der Waals surface area contributed by atoms with Gasteiger partial charge in [0, 0.05) is 33.1 Å². The fourth-order valence-electron chi connectivity index (χ4n) is 2.81. The molecule has 2 fully saturated rings. The van der Waals surface area contributed by atoms with Crippen molar-refractivity contribution < 1.29 is 9.59 Å². The monoisotopic (exact) mass is 253 g/mol. The summed E-state index contributed by atoms with van der Waals surface area (Å²) in [5, 5.41) is 3.35. The van der Waals surface area contributed by atoms with Crippen LogP contribution in [0, 0.1) is 0 Å². The van der Waals surface area contributed by atoms with Crippen LogP contribution >= 0.6 is 0 Å². The van der Waals surface area contributed by atoms with Crippen LogP contribution in [0.3, 0.4) is 0 Å². The first-order chi connectivity index (χ1) is 8.53. The molecule has 0 aromatic carbocycles. The van der Waals surface area contributed by atoms with Crippen LogP contribution in [0.5, 0.6) is 0 Å². The Morgan fingerprint density at radius 3 is 2.17 bits per heavy atom. The molecular weight excluding hydrogens is 230 g/mol. The Balaban J connectivity index is 1.92. The van der Waals surface area contributed by atoms with Crippen LogP contribution in [0.15, 0.2) is 0 Å². The highest BCUT2D eigenvalue weighted by Crippen LogP contribution is 2.22. The molecule has 2 aliphatic heterocycles. The smallest absolute Gasteiger partial charge is 0.242 e. The Hall–Kier alpha value is -1.10. The van der Waals surface area contributed by atoms with E-state index < -0.39 is 5.54 Å². The van der Waals surface area contributed by atoms with Crippen molar-refractivity contribution >= 4 is 11.8 Å². The number of piperazine rings is 1. The number of nitrogens with zero attached hydrogens (tertiary/aromatic N) is 2. The second-order valence-corrected chi connectivity index (χ2v) is 5.51. The zero-order chi connectivity index (χ0) is 13.2. The zero-order valence-electron chi connectivity index (χ0n) is 11.4. The Kier molecular flexibility index (Phi) is 3.90. The summed E-state index contributed by atoms with van der Waals surface area (Å²) in [4.78, 5) is 27.5. The zero-order valence-corrected chi connectivity index (χ0v) is 11.4. The van der Waals surface area contributed by atoms with E-state index in [1.807, 2.05) is 11.8 Å². The van der Waals surface area contributed by atoms with Gasteiger partial charge in [-0.3, -0.25) is 9.59 Å². The summed E-state index contributed by atoms with van der Waals surface area (Å²) in [6, 6.07) is 0. The predicted octanol–water partition coefficient (Wildman–Crippen LogP) is 0.209. The molecule has 18 heavy (non-hydrogen) atoms. The van der Waals surface area contributed by atoms with Gasteiger partial charge in [0.15, 0.2) is 0 Å². The molecule has 5 nitrogen and oxygen atoms in total. The van der Waals surface area contributed by atoms with E-state index in [9.17, 15) is 9.59 Å². The van der Waals surface area contributed by atoms with Crippen molar-refractivity contribution in [3.8, 4) is 0 Å². The number of rotatable bonds is 1. The van der Waals surface area contributed by atoms with Gasteiger partial charge < -0.3 is 15.1 Å². The Labute approximate surface area is 108 Å². The quantitative estimate of drug-likeness (QED) is 0.727. The highest BCUT2D eigenvalue weighted by atomic mass is 16.2. The van der Waals surface area contributed by atoms with Crippen molar-refractivity contribution in [1.82, 2.24) is 15.1 Å². The van der Waals surface area contributed by atoms with E-state index in [0.717, 1.165) is 25.8 Å². The normalized spacial score (nSPS) is 29.2. The molecule has 1 unspecified atom stereocenters. The van der Waals surface area contributed by atoms with Crippen molar-refractivity contribution in [2.75, 3.05) is 32.7 Å². The first-order valence-electron chi connectivity index (χ1n) is 6.83. The third kappa shape index (κ3) is 2.66. The van der Waals surface area contributed by atoms with Crippen molar-refractivity contribution in [2.24, 2.45) is 0 Å². The van der Waals surface area contributed by atoms with E-state index >= 15 is 0 Å². The average Bonchev–Trinajstić information content (AvgIpc) is 2.39. The van der Waals surface area contributed by atoms with Crippen LogP contribution in [0.25, 0.3) is 0 Å². The largest absolute Gasteiger partial charge is 0.339 e. The standard InChI is InChI=1S/C13H23N3O2/c1-11(17)15-7-9-16(10-8-15)12(18)13(2)5-3-4-6-14-13/h14H,3-10H2,1-2H3. The summed E-state index contributed by atoms with van der Waals surface area (Å²) < 4.78 is 0. The van der Waals surface area contributed by atoms with Crippen LogP contribution in [0.2, 0.25) is 0 Å². The van der Waals surface area contributed by atoms with Gasteiger partial charge in [-0.25, -0.2) is 0 Å². The summed E-state index contributed by atoms with van der Waals surface area (Å²) in [5.74, 6) is 0.300. The molecule has 0 saturated carbocycles. The number of carbonyl (C=O) groups excluding carboxylic acids is 2. The number of nitrogens with one attached hydrogen (secondary N) is 1. The highest BCUT2D eigenvalue weighted by Gasteiger charge is 2.38.